The molecule has 0 radical (unpaired) electrons. The van der Waals surface area contributed by atoms with E-state index < -0.39 is 30.7 Å². The minimum atomic E-state index is -4.44. The molecule has 1 aromatic carbocycles. The molecule has 5 nitrogen and oxygen atoms in total. The van der Waals surface area contributed by atoms with Crippen LogP contribution in [0.2, 0.25) is 0 Å². The predicted octanol–water partition coefficient (Wildman–Crippen LogP) is 2.22. The van der Waals surface area contributed by atoms with Crippen molar-refractivity contribution in [3.8, 4) is 5.75 Å². The largest absolute Gasteiger partial charge is 0.484 e. The third kappa shape index (κ3) is 4.64. The molecule has 2 rings (SSSR count). The van der Waals surface area contributed by atoms with Gasteiger partial charge < -0.3 is 15.2 Å². The van der Waals surface area contributed by atoms with Crippen molar-refractivity contribution >= 4 is 11.9 Å². The van der Waals surface area contributed by atoms with Crippen molar-refractivity contribution < 1.29 is 32.6 Å². The van der Waals surface area contributed by atoms with Gasteiger partial charge in [0.1, 0.15) is 11.8 Å². The number of aliphatic carboxylic acids is 1. The number of hydrogen-bond donors (Lipinski definition) is 2. The van der Waals surface area contributed by atoms with Crippen molar-refractivity contribution in [2.75, 3.05) is 6.61 Å². The minimum Gasteiger partial charge on any atom is -0.484 e. The number of carboxylic acids is 1. The molecule has 1 aliphatic rings. The number of nitrogens with one attached hydrogen (secondary N) is 1. The van der Waals surface area contributed by atoms with Crippen LogP contribution in [-0.2, 0) is 4.79 Å². The Kier molecular flexibility index (Phi) is 4.58. The molecule has 1 amide bonds. The average molecular weight is 317 g/mol. The van der Waals surface area contributed by atoms with Gasteiger partial charge in [-0.25, -0.2) is 4.79 Å². The molecule has 0 saturated heterocycles. The van der Waals surface area contributed by atoms with Gasteiger partial charge >= 0.3 is 12.1 Å². The molecule has 22 heavy (non-hydrogen) atoms. The molecular weight excluding hydrogens is 303 g/mol. The van der Waals surface area contributed by atoms with Gasteiger partial charge in [0.05, 0.1) is 0 Å². The first-order valence-electron chi connectivity index (χ1n) is 6.59. The summed E-state index contributed by atoms with van der Waals surface area (Å²) in [5.41, 5.74) is 0.159. The van der Waals surface area contributed by atoms with Crippen LogP contribution < -0.4 is 10.1 Å². The molecule has 0 bridgehead atoms. The Morgan fingerprint density at radius 2 is 1.86 bits per heavy atom. The molecule has 1 atom stereocenters. The molecule has 0 spiro atoms. The predicted molar refractivity (Wildman–Crippen MR) is 69.6 cm³/mol. The Hall–Kier alpha value is -2.25. The van der Waals surface area contributed by atoms with E-state index in [1.54, 1.807) is 0 Å². The van der Waals surface area contributed by atoms with Crippen LogP contribution in [0.1, 0.15) is 23.2 Å². The van der Waals surface area contributed by atoms with Crippen molar-refractivity contribution in [2.45, 2.75) is 25.1 Å². The normalized spacial score (nSPS) is 16.0. The smallest absolute Gasteiger partial charge is 0.422 e. The Morgan fingerprint density at radius 1 is 1.27 bits per heavy atom. The van der Waals surface area contributed by atoms with Crippen LogP contribution in [0.25, 0.3) is 0 Å². The molecule has 120 valence electrons. The number of carbonyl (C=O) groups excluding carboxylic acids is 1. The Labute approximate surface area is 124 Å². The highest BCUT2D eigenvalue weighted by molar-refractivity contribution is 5.96. The second-order valence-corrected chi connectivity index (χ2v) is 5.06. The molecule has 1 unspecified atom stereocenters. The summed E-state index contributed by atoms with van der Waals surface area (Å²) in [5.74, 6) is -1.76. The van der Waals surface area contributed by atoms with Crippen LogP contribution in [0, 0.1) is 5.92 Å². The van der Waals surface area contributed by atoms with E-state index in [4.69, 9.17) is 5.11 Å². The quantitative estimate of drug-likeness (QED) is 0.843. The minimum absolute atomic E-state index is 0.0224. The molecule has 2 N–H and O–H groups in total. The Morgan fingerprint density at radius 3 is 2.32 bits per heavy atom. The molecule has 1 aliphatic carbocycles. The maximum Gasteiger partial charge on any atom is 0.422 e. The first-order chi connectivity index (χ1) is 10.3. The summed E-state index contributed by atoms with van der Waals surface area (Å²) < 4.78 is 40.5. The number of rotatable bonds is 6. The summed E-state index contributed by atoms with van der Waals surface area (Å²) in [6, 6.07) is 4.09. The fourth-order valence-electron chi connectivity index (χ4n) is 1.90. The SMILES string of the molecule is O=C(NC(C(=O)O)C1CC1)c1ccc(OCC(F)(F)F)cc1. The molecule has 0 aliphatic heterocycles. The highest BCUT2D eigenvalue weighted by Gasteiger charge is 2.37. The third-order valence-electron chi connectivity index (χ3n) is 3.17. The molecule has 1 aromatic rings. The van der Waals surface area contributed by atoms with Crippen molar-refractivity contribution in [1.82, 2.24) is 5.32 Å². The van der Waals surface area contributed by atoms with Crippen molar-refractivity contribution in [2.24, 2.45) is 5.92 Å². The lowest BCUT2D eigenvalue weighted by Gasteiger charge is -2.14. The zero-order valence-electron chi connectivity index (χ0n) is 11.4. The number of benzene rings is 1. The maximum atomic E-state index is 12.0. The van der Waals surface area contributed by atoms with Gasteiger partial charge in [-0.15, -0.1) is 0 Å². The zero-order valence-corrected chi connectivity index (χ0v) is 11.4. The summed E-state index contributed by atoms with van der Waals surface area (Å²) in [6.45, 7) is -1.42. The van der Waals surface area contributed by atoms with Crippen LogP contribution in [0.4, 0.5) is 13.2 Å². The van der Waals surface area contributed by atoms with E-state index in [-0.39, 0.29) is 17.2 Å². The standard InChI is InChI=1S/C14H14F3NO4/c15-14(16,17)7-22-10-5-3-9(4-6-10)12(19)18-11(13(20)21)8-1-2-8/h3-6,8,11H,1-2,7H2,(H,18,19)(H,20,21). The van der Waals surface area contributed by atoms with Crippen LogP contribution in [0.15, 0.2) is 24.3 Å². The second-order valence-electron chi connectivity index (χ2n) is 5.06. The zero-order chi connectivity index (χ0) is 16.3. The van der Waals surface area contributed by atoms with Gasteiger partial charge in [-0.3, -0.25) is 4.79 Å². The van der Waals surface area contributed by atoms with E-state index in [2.05, 4.69) is 10.1 Å². The highest BCUT2D eigenvalue weighted by atomic mass is 19.4. The average Bonchev–Trinajstić information content (AvgIpc) is 3.26. The topological polar surface area (TPSA) is 75.6 Å². The Balaban J connectivity index is 1.94. The number of hydrogen-bond acceptors (Lipinski definition) is 3. The summed E-state index contributed by atoms with van der Waals surface area (Å²) >= 11 is 0. The van der Waals surface area contributed by atoms with Crippen LogP contribution in [0.3, 0.4) is 0 Å². The van der Waals surface area contributed by atoms with E-state index in [0.29, 0.717) is 0 Å². The van der Waals surface area contributed by atoms with Gasteiger partial charge in [-0.1, -0.05) is 0 Å². The fraction of sp³-hybridized carbons (Fsp3) is 0.429. The van der Waals surface area contributed by atoms with E-state index in [9.17, 15) is 22.8 Å². The molecule has 0 heterocycles. The number of alkyl halides is 3. The summed E-state index contributed by atoms with van der Waals surface area (Å²) in [7, 11) is 0. The summed E-state index contributed by atoms with van der Waals surface area (Å²) in [5, 5.41) is 11.4. The van der Waals surface area contributed by atoms with Gasteiger partial charge in [0.25, 0.3) is 5.91 Å². The van der Waals surface area contributed by atoms with Gasteiger partial charge in [0.15, 0.2) is 6.61 Å². The van der Waals surface area contributed by atoms with Gasteiger partial charge in [-0.2, -0.15) is 13.2 Å². The molecule has 8 heteroatoms. The maximum absolute atomic E-state index is 12.0. The number of carbonyl (C=O) groups is 2. The first kappa shape index (κ1) is 16.1. The second kappa shape index (κ2) is 6.25. The fourth-order valence-corrected chi connectivity index (χ4v) is 1.90. The number of amides is 1. The lowest BCUT2D eigenvalue weighted by atomic mass is 10.1. The lowest BCUT2D eigenvalue weighted by molar-refractivity contribution is -0.153. The van der Waals surface area contributed by atoms with Crippen LogP contribution in [0.5, 0.6) is 5.75 Å². The van der Waals surface area contributed by atoms with Crippen LogP contribution in [-0.4, -0.2) is 35.8 Å². The molecule has 1 saturated carbocycles. The monoisotopic (exact) mass is 317 g/mol. The molecular formula is C14H14F3NO4. The van der Waals surface area contributed by atoms with Crippen molar-refractivity contribution in [3.63, 3.8) is 0 Å². The number of halogens is 3. The van der Waals surface area contributed by atoms with Gasteiger partial charge in [0, 0.05) is 5.56 Å². The van der Waals surface area contributed by atoms with E-state index in [0.717, 1.165) is 12.8 Å². The van der Waals surface area contributed by atoms with Crippen molar-refractivity contribution in [1.29, 1.82) is 0 Å². The molecule has 1 fully saturated rings. The van der Waals surface area contributed by atoms with E-state index in [1.807, 2.05) is 0 Å². The van der Waals surface area contributed by atoms with E-state index >= 15 is 0 Å². The van der Waals surface area contributed by atoms with Crippen LogP contribution >= 0.6 is 0 Å². The Bertz CT molecular complexity index is 552. The third-order valence-corrected chi connectivity index (χ3v) is 3.17. The summed E-state index contributed by atoms with van der Waals surface area (Å²) in [4.78, 5) is 23.0. The summed E-state index contributed by atoms with van der Waals surface area (Å²) in [6.07, 6.45) is -2.93. The van der Waals surface area contributed by atoms with Crippen molar-refractivity contribution in [3.05, 3.63) is 29.8 Å². The molecule has 0 aromatic heterocycles. The van der Waals surface area contributed by atoms with Gasteiger partial charge in [-0.05, 0) is 43.0 Å². The lowest BCUT2D eigenvalue weighted by Crippen LogP contribution is -2.42. The van der Waals surface area contributed by atoms with Gasteiger partial charge in [0.2, 0.25) is 0 Å². The number of ether oxygens (including phenoxy) is 1. The first-order valence-corrected chi connectivity index (χ1v) is 6.59. The van der Waals surface area contributed by atoms with E-state index in [1.165, 1.54) is 24.3 Å². The highest BCUT2D eigenvalue weighted by Crippen LogP contribution is 2.32. The number of carboxylic acid groups (broad SMARTS) is 1.